The lowest BCUT2D eigenvalue weighted by molar-refractivity contribution is 0.0933. The van der Waals surface area contributed by atoms with E-state index in [0.717, 1.165) is 3.57 Å². The molecule has 2 aromatic carbocycles. The van der Waals surface area contributed by atoms with Crippen LogP contribution < -0.4 is 16.0 Å². The highest BCUT2D eigenvalue weighted by atomic mass is 127. The Morgan fingerprint density at radius 1 is 1.04 bits per heavy atom. The van der Waals surface area contributed by atoms with Gasteiger partial charge in [0.25, 0.3) is 5.91 Å². The first-order valence-electron chi connectivity index (χ1n) is 7.33. The first-order valence-corrected chi connectivity index (χ1v) is 11.1. The Kier molecular flexibility index (Phi) is 9.04. The number of carbonyl (C=O) groups excluding carboxylic acids is 1. The molecule has 0 spiro atoms. The molecule has 12 heteroatoms. The third-order valence-corrected chi connectivity index (χ3v) is 5.87. The van der Waals surface area contributed by atoms with Crippen molar-refractivity contribution in [3.63, 3.8) is 0 Å². The fourth-order valence-corrected chi connectivity index (χ4v) is 4.09. The second-order valence-electron chi connectivity index (χ2n) is 5.27. The number of anilines is 1. The van der Waals surface area contributed by atoms with Crippen LogP contribution in [0, 0.1) is 3.57 Å². The van der Waals surface area contributed by atoms with E-state index < -0.39 is 15.9 Å². The molecule has 2 aromatic rings. The Bertz CT molecular complexity index is 885. The fraction of sp³-hybridized carbons (Fsp3) is 0.125. The van der Waals surface area contributed by atoms with Crippen LogP contribution in [0.3, 0.4) is 0 Å². The number of thiocarbonyl (C=S) groups is 1. The van der Waals surface area contributed by atoms with Crippen LogP contribution in [0.25, 0.3) is 0 Å². The largest absolute Gasteiger partial charge is 0.339 e. The molecule has 0 aliphatic carbocycles. The van der Waals surface area contributed by atoms with Gasteiger partial charge in [-0.05, 0) is 59.1 Å². The van der Waals surface area contributed by atoms with Crippen LogP contribution in [-0.2, 0) is 0 Å². The van der Waals surface area contributed by atoms with Crippen molar-refractivity contribution in [3.05, 3.63) is 60.6 Å². The van der Waals surface area contributed by atoms with Crippen molar-refractivity contribution in [2.24, 2.45) is 0 Å². The number of amides is 1. The standard InChI is InChI=1S/C16H10Cl6IN3OS/c17-7-5-9(18)12(10(19)6-7)24-15(28)26-14(16(20,21)22)25-13(27)8-3-1-2-4-11(8)23/h1-6,14H,(H,25,27)(H2,24,26,28)/t14-/m0/s1. The van der Waals surface area contributed by atoms with E-state index in [9.17, 15) is 4.79 Å². The highest BCUT2D eigenvalue weighted by Gasteiger charge is 2.35. The van der Waals surface area contributed by atoms with Crippen molar-refractivity contribution in [1.29, 1.82) is 0 Å². The maximum atomic E-state index is 12.6. The molecule has 0 aliphatic heterocycles. The number of hydrogen-bond acceptors (Lipinski definition) is 2. The zero-order valence-electron chi connectivity index (χ0n) is 13.5. The molecule has 0 aromatic heterocycles. The van der Waals surface area contributed by atoms with Crippen molar-refractivity contribution < 1.29 is 4.79 Å². The van der Waals surface area contributed by atoms with Crippen molar-refractivity contribution in [2.45, 2.75) is 9.96 Å². The Morgan fingerprint density at radius 2 is 1.61 bits per heavy atom. The topological polar surface area (TPSA) is 53.2 Å². The molecule has 0 aliphatic rings. The zero-order chi connectivity index (χ0) is 21.1. The summed E-state index contributed by atoms with van der Waals surface area (Å²) < 4.78 is -1.17. The number of halogens is 7. The lowest BCUT2D eigenvalue weighted by Crippen LogP contribution is -2.56. The van der Waals surface area contributed by atoms with Crippen LogP contribution in [-0.4, -0.2) is 21.0 Å². The van der Waals surface area contributed by atoms with Gasteiger partial charge in [0.2, 0.25) is 3.79 Å². The van der Waals surface area contributed by atoms with E-state index in [2.05, 4.69) is 16.0 Å². The third kappa shape index (κ3) is 6.80. The monoisotopic (exact) mass is 629 g/mol. The molecule has 1 amide bonds. The molecular formula is C16H10Cl6IN3OS. The van der Waals surface area contributed by atoms with Crippen LogP contribution in [0.15, 0.2) is 36.4 Å². The normalized spacial score (nSPS) is 12.2. The van der Waals surface area contributed by atoms with Gasteiger partial charge in [0, 0.05) is 8.59 Å². The highest BCUT2D eigenvalue weighted by molar-refractivity contribution is 14.1. The van der Waals surface area contributed by atoms with Gasteiger partial charge in [-0.25, -0.2) is 0 Å². The van der Waals surface area contributed by atoms with Crippen LogP contribution in [0.1, 0.15) is 10.4 Å². The summed E-state index contributed by atoms with van der Waals surface area (Å²) in [7, 11) is 0. The molecule has 0 saturated carbocycles. The predicted molar refractivity (Wildman–Crippen MR) is 132 cm³/mol. The van der Waals surface area contributed by atoms with Crippen LogP contribution in [0.5, 0.6) is 0 Å². The molecule has 0 radical (unpaired) electrons. The molecule has 1 atom stereocenters. The quantitative estimate of drug-likeness (QED) is 0.153. The summed E-state index contributed by atoms with van der Waals surface area (Å²) in [5, 5.41) is 9.01. The van der Waals surface area contributed by atoms with Gasteiger partial charge in [-0.15, -0.1) is 0 Å². The molecule has 4 nitrogen and oxygen atoms in total. The maximum Gasteiger partial charge on any atom is 0.254 e. The summed E-state index contributed by atoms with van der Waals surface area (Å²) in [4.78, 5) is 12.6. The summed E-state index contributed by atoms with van der Waals surface area (Å²) in [6.07, 6.45) is -1.15. The molecule has 150 valence electrons. The smallest absolute Gasteiger partial charge is 0.254 e. The lowest BCUT2D eigenvalue weighted by atomic mass is 10.2. The van der Waals surface area contributed by atoms with Gasteiger partial charge in [-0.1, -0.05) is 81.7 Å². The van der Waals surface area contributed by atoms with E-state index in [1.807, 2.05) is 28.7 Å². The predicted octanol–water partition coefficient (Wildman–Crippen LogP) is 6.66. The average molecular weight is 632 g/mol. The zero-order valence-corrected chi connectivity index (χ0v) is 21.0. The lowest BCUT2D eigenvalue weighted by Gasteiger charge is -2.28. The summed E-state index contributed by atoms with van der Waals surface area (Å²) in [6, 6.07) is 9.95. The molecule has 2 rings (SSSR count). The number of benzene rings is 2. The number of nitrogens with one attached hydrogen (secondary N) is 3. The number of hydrogen-bond donors (Lipinski definition) is 3. The molecule has 28 heavy (non-hydrogen) atoms. The number of rotatable bonds is 4. The van der Waals surface area contributed by atoms with Crippen LogP contribution >= 0.6 is 104 Å². The second-order valence-corrected chi connectivity index (χ2v) is 10.5. The SMILES string of the molecule is O=C(N[C@@H](NC(=S)Nc1c(Cl)cc(Cl)cc1Cl)C(Cl)(Cl)Cl)c1ccccc1I. The Morgan fingerprint density at radius 3 is 2.14 bits per heavy atom. The summed E-state index contributed by atoms with van der Waals surface area (Å²) in [5.74, 6) is -0.445. The summed E-state index contributed by atoms with van der Waals surface area (Å²) >= 11 is 43.4. The molecule has 0 bridgehead atoms. The Hall–Kier alpha value is 0.0700. The highest BCUT2D eigenvalue weighted by Crippen LogP contribution is 2.34. The van der Waals surface area contributed by atoms with Crippen molar-refractivity contribution in [2.75, 3.05) is 5.32 Å². The van der Waals surface area contributed by atoms with Gasteiger partial charge < -0.3 is 16.0 Å². The Balaban J connectivity index is 2.16. The fourth-order valence-electron chi connectivity index (χ4n) is 2.00. The molecule has 0 fully saturated rings. The van der Waals surface area contributed by atoms with Gasteiger partial charge >= 0.3 is 0 Å². The number of alkyl halides is 3. The van der Waals surface area contributed by atoms with Gasteiger partial charge in [-0.2, -0.15) is 0 Å². The minimum atomic E-state index is -1.91. The second kappa shape index (κ2) is 10.4. The summed E-state index contributed by atoms with van der Waals surface area (Å²) in [6.45, 7) is 0. The number of carbonyl (C=O) groups is 1. The van der Waals surface area contributed by atoms with E-state index in [1.54, 1.807) is 18.2 Å². The van der Waals surface area contributed by atoms with Crippen LogP contribution in [0.4, 0.5) is 5.69 Å². The minimum absolute atomic E-state index is 0.0190. The average Bonchev–Trinajstić information content (AvgIpc) is 2.57. The molecule has 0 saturated heterocycles. The third-order valence-electron chi connectivity index (χ3n) is 3.24. The van der Waals surface area contributed by atoms with Crippen molar-refractivity contribution in [1.82, 2.24) is 10.6 Å². The van der Waals surface area contributed by atoms with E-state index in [4.69, 9.17) is 81.8 Å². The Labute approximate surface area is 210 Å². The molecule has 3 N–H and O–H groups in total. The van der Waals surface area contributed by atoms with Gasteiger partial charge in [-0.3, -0.25) is 4.79 Å². The van der Waals surface area contributed by atoms with Gasteiger partial charge in [0.15, 0.2) is 5.11 Å². The van der Waals surface area contributed by atoms with Gasteiger partial charge in [0.05, 0.1) is 21.3 Å². The first kappa shape index (κ1) is 24.3. The first-order chi connectivity index (χ1) is 13.0. The maximum absolute atomic E-state index is 12.6. The van der Waals surface area contributed by atoms with Crippen molar-refractivity contribution in [3.8, 4) is 0 Å². The molecular weight excluding hydrogens is 622 g/mol. The minimum Gasteiger partial charge on any atom is -0.339 e. The summed E-state index contributed by atoms with van der Waals surface area (Å²) in [5.41, 5.74) is 0.740. The van der Waals surface area contributed by atoms with E-state index in [1.165, 1.54) is 12.1 Å². The van der Waals surface area contributed by atoms with Crippen molar-refractivity contribution >= 4 is 121 Å². The molecule has 0 heterocycles. The van der Waals surface area contributed by atoms with Crippen LogP contribution in [0.2, 0.25) is 15.1 Å². The van der Waals surface area contributed by atoms with E-state index >= 15 is 0 Å². The molecule has 0 unspecified atom stereocenters. The van der Waals surface area contributed by atoms with E-state index in [0.29, 0.717) is 16.3 Å². The van der Waals surface area contributed by atoms with Gasteiger partial charge in [0.1, 0.15) is 6.17 Å². The van der Waals surface area contributed by atoms with E-state index in [-0.39, 0.29) is 15.2 Å².